The minimum absolute atomic E-state index is 0.0260. The van der Waals surface area contributed by atoms with Crippen molar-refractivity contribution in [2.75, 3.05) is 19.8 Å². The van der Waals surface area contributed by atoms with Gasteiger partial charge < -0.3 is 67.9 Å². The van der Waals surface area contributed by atoms with Crippen molar-refractivity contribution in [2.24, 2.45) is 16.7 Å². The fourth-order valence-electron chi connectivity index (χ4n) is 12.9. The number of ether oxygens (including phenoxy) is 9. The van der Waals surface area contributed by atoms with E-state index in [1.54, 1.807) is 60.7 Å². The molecular formula is C66H67N3O24. The maximum atomic E-state index is 16.5. The maximum Gasteiger partial charge on any atom is 0.433 e. The van der Waals surface area contributed by atoms with Gasteiger partial charge in [-0.2, -0.15) is 0 Å². The topological polar surface area (TPSA) is 375 Å². The molecule has 4 aliphatic rings. The number of hydrogen-bond donors (Lipinski definition) is 4. The Morgan fingerprint density at radius 1 is 0.742 bits per heavy atom. The van der Waals surface area contributed by atoms with Gasteiger partial charge >= 0.3 is 47.7 Å². The van der Waals surface area contributed by atoms with E-state index in [-0.39, 0.29) is 40.2 Å². The van der Waals surface area contributed by atoms with Crippen LogP contribution in [0, 0.1) is 26.9 Å². The number of carboxylic acid groups (broad SMARTS) is 1. The summed E-state index contributed by atoms with van der Waals surface area (Å²) in [6.45, 7) is 5.68. The van der Waals surface area contributed by atoms with Crippen LogP contribution in [0.15, 0.2) is 149 Å². The first-order valence-electron chi connectivity index (χ1n) is 29.5. The summed E-state index contributed by atoms with van der Waals surface area (Å²) in [5.41, 5.74) is -9.28. The molecule has 490 valence electrons. The van der Waals surface area contributed by atoms with E-state index in [1.807, 2.05) is 0 Å². The molecule has 1 saturated heterocycles. The summed E-state index contributed by atoms with van der Waals surface area (Å²) in [6, 6.07) is 29.1. The molecule has 4 N–H and O–H groups in total. The number of nitrogens with one attached hydrogen (secondary N) is 2. The number of carbonyl (C=O) groups is 10. The second-order valence-corrected chi connectivity index (χ2v) is 23.5. The molecule has 0 spiro atoms. The van der Waals surface area contributed by atoms with Gasteiger partial charge in [-0.05, 0) is 79.4 Å². The van der Waals surface area contributed by atoms with E-state index in [0.29, 0.717) is 0 Å². The van der Waals surface area contributed by atoms with E-state index in [9.17, 15) is 58.7 Å². The molecule has 27 heteroatoms. The molecule has 12 atom stereocenters. The predicted octanol–water partition coefficient (Wildman–Crippen LogP) is 5.85. The van der Waals surface area contributed by atoms with E-state index in [2.05, 4.69) is 10.6 Å². The van der Waals surface area contributed by atoms with Crippen LogP contribution in [0.4, 0.5) is 5.88 Å². The number of rotatable bonds is 24. The van der Waals surface area contributed by atoms with E-state index >= 15 is 9.59 Å². The third-order valence-corrected chi connectivity index (χ3v) is 17.4. The summed E-state index contributed by atoms with van der Waals surface area (Å²) in [5, 5.41) is 40.5. The molecule has 2 amide bonds. The lowest BCUT2D eigenvalue weighted by molar-refractivity contribution is -0.402. The largest absolute Gasteiger partial charge is 0.482 e. The van der Waals surface area contributed by atoms with Crippen LogP contribution in [0.25, 0.3) is 0 Å². The Morgan fingerprint density at radius 2 is 1.33 bits per heavy atom. The smallest absolute Gasteiger partial charge is 0.433 e. The number of benzene rings is 4. The number of para-hydroxylation sites is 2. The molecule has 3 fully saturated rings. The first-order valence-corrected chi connectivity index (χ1v) is 29.5. The Bertz CT molecular complexity index is 3710. The summed E-state index contributed by atoms with van der Waals surface area (Å²) in [6.07, 6.45) is -13.8. The molecule has 9 rings (SSSR count). The van der Waals surface area contributed by atoms with Crippen LogP contribution in [0.2, 0.25) is 0 Å². The van der Waals surface area contributed by atoms with Crippen molar-refractivity contribution in [3.8, 4) is 11.5 Å². The molecule has 0 radical (unpaired) electrons. The maximum absolute atomic E-state index is 16.5. The summed E-state index contributed by atoms with van der Waals surface area (Å²) in [4.78, 5) is 154. The van der Waals surface area contributed by atoms with Crippen molar-refractivity contribution in [2.45, 2.75) is 127 Å². The van der Waals surface area contributed by atoms with Crippen molar-refractivity contribution in [3.63, 3.8) is 0 Å². The average molecular weight is 1290 g/mol. The molecule has 1 aliphatic heterocycles. The molecule has 3 aliphatic carbocycles. The van der Waals surface area contributed by atoms with Crippen LogP contribution >= 0.6 is 0 Å². The van der Waals surface area contributed by atoms with Crippen molar-refractivity contribution in [1.82, 2.24) is 10.6 Å². The van der Waals surface area contributed by atoms with E-state index in [1.165, 1.54) is 88.4 Å². The Hall–Kier alpha value is -10.3. The fourth-order valence-corrected chi connectivity index (χ4v) is 12.9. The number of nitro groups is 1. The number of esters is 6. The molecule has 0 unspecified atom stereocenters. The fraction of sp³-hybridized carbons (Fsp3) is 0.394. The van der Waals surface area contributed by atoms with Crippen LogP contribution in [0.3, 0.4) is 0 Å². The summed E-state index contributed by atoms with van der Waals surface area (Å²) < 4.78 is 60.1. The highest BCUT2D eigenvalue weighted by molar-refractivity contribution is 5.97. The Labute approximate surface area is 531 Å². The number of furan rings is 1. The summed E-state index contributed by atoms with van der Waals surface area (Å²) in [5.74, 6) is -14.4. The van der Waals surface area contributed by atoms with Crippen molar-refractivity contribution < 1.29 is 110 Å². The SMILES string of the molecule is CC(=O)O[C@H]1C(=O)[C@]2(C)[C@@H](OC(=O)COc3ccccc3)C[C@H]3OC[C@@]3(OC(C)=O)[C@H]2[C@H](OC(=O)c2ccccc2)[C@]2(O)C[C@H](OC(=O)[C@H](OC(=O)COc3ccccc3)[C@@H](NC(=O)[C@@H](CCC(=O)O)NC(=O)c3ccc([N+](=O)[O-])o3)c3ccccc3)C(C)=C1C2(C)C. The zero-order valence-electron chi connectivity index (χ0n) is 51.2. The first-order chi connectivity index (χ1) is 44.2. The Kier molecular flexibility index (Phi) is 20.0. The van der Waals surface area contributed by atoms with Gasteiger partial charge in [-0.3, -0.25) is 38.9 Å². The summed E-state index contributed by atoms with van der Waals surface area (Å²) >= 11 is 0. The monoisotopic (exact) mass is 1290 g/mol. The van der Waals surface area contributed by atoms with Crippen molar-refractivity contribution >= 4 is 65.3 Å². The number of Topliss-reactive ketones (excluding diaryl/α,β-unsaturated/α-hetero) is 1. The van der Waals surface area contributed by atoms with Gasteiger partial charge in [0.1, 0.15) is 58.5 Å². The molecule has 27 nitrogen and oxygen atoms in total. The molecule has 2 saturated carbocycles. The number of nitrogens with zero attached hydrogens (tertiary/aromatic N) is 1. The Balaban J connectivity index is 1.19. The number of carboxylic acids is 1. The van der Waals surface area contributed by atoms with Gasteiger partial charge in [0.15, 0.2) is 36.5 Å². The molecular weight excluding hydrogens is 1220 g/mol. The average Bonchev–Trinajstić information content (AvgIpc) is 0.879. The van der Waals surface area contributed by atoms with Crippen molar-refractivity contribution in [1.29, 1.82) is 0 Å². The number of carbonyl (C=O) groups excluding carboxylic acids is 9. The number of aliphatic carboxylic acids is 1. The van der Waals surface area contributed by atoms with Crippen LogP contribution in [-0.2, 0) is 71.5 Å². The highest BCUT2D eigenvalue weighted by Crippen LogP contribution is 2.65. The van der Waals surface area contributed by atoms with Gasteiger partial charge in [0, 0.05) is 38.5 Å². The van der Waals surface area contributed by atoms with E-state index in [4.69, 9.17) is 47.0 Å². The van der Waals surface area contributed by atoms with Gasteiger partial charge in [-0.25, -0.2) is 19.2 Å². The lowest BCUT2D eigenvalue weighted by atomic mass is 9.44. The normalized spacial score (nSPS) is 25.1. The van der Waals surface area contributed by atoms with Crippen LogP contribution in [0.5, 0.6) is 11.5 Å². The minimum atomic E-state index is -2.70. The van der Waals surface area contributed by atoms with E-state index in [0.717, 1.165) is 26.0 Å². The second kappa shape index (κ2) is 27.7. The van der Waals surface area contributed by atoms with Gasteiger partial charge in [-0.1, -0.05) is 98.8 Å². The Morgan fingerprint density at radius 3 is 1.88 bits per heavy atom. The number of hydrogen-bond acceptors (Lipinski definition) is 23. The minimum Gasteiger partial charge on any atom is -0.482 e. The van der Waals surface area contributed by atoms with Gasteiger partial charge in [-0.15, -0.1) is 0 Å². The van der Waals surface area contributed by atoms with Gasteiger partial charge in [0.05, 0.1) is 29.6 Å². The van der Waals surface area contributed by atoms with Gasteiger partial charge in [0.2, 0.25) is 12.0 Å². The third-order valence-electron chi connectivity index (χ3n) is 17.4. The first kappa shape index (κ1) is 67.1. The summed E-state index contributed by atoms with van der Waals surface area (Å²) in [7, 11) is 0. The number of amides is 2. The van der Waals surface area contributed by atoms with Crippen LogP contribution in [0.1, 0.15) is 99.7 Å². The van der Waals surface area contributed by atoms with Crippen LogP contribution < -0.4 is 20.1 Å². The lowest BCUT2D eigenvalue weighted by Gasteiger charge is -2.67. The predicted molar refractivity (Wildman–Crippen MR) is 317 cm³/mol. The highest BCUT2D eigenvalue weighted by atomic mass is 16.7. The molecule has 1 aromatic heterocycles. The number of fused-ring (bicyclic) bond motifs is 5. The number of ketones is 1. The third kappa shape index (κ3) is 14.0. The molecule has 93 heavy (non-hydrogen) atoms. The number of aliphatic hydroxyl groups is 1. The highest BCUT2D eigenvalue weighted by Gasteiger charge is 2.79. The molecule has 5 aromatic rings. The van der Waals surface area contributed by atoms with Crippen molar-refractivity contribution in [3.05, 3.63) is 172 Å². The molecule has 2 bridgehead atoms. The van der Waals surface area contributed by atoms with Gasteiger partial charge in [0.25, 0.3) is 5.91 Å². The zero-order chi connectivity index (χ0) is 67.2. The quantitative estimate of drug-likeness (QED) is 0.0185. The van der Waals surface area contributed by atoms with Crippen LogP contribution in [-0.4, -0.2) is 148 Å². The van der Waals surface area contributed by atoms with E-state index < -0.39 is 192 Å². The molecule has 4 aromatic carbocycles. The second-order valence-electron chi connectivity index (χ2n) is 23.5. The molecule has 2 heterocycles. The standard InChI is InChI=1S/C66H67N3O24/c1-36-45(89-62(80)55(91-51(75)34-85-42-25-17-10-18-26-42)53(39-19-11-7-12-20-39)68-59(77)43(27-30-49(72)73)67-60(78)44-28-29-48(88-44)69(82)83)32-66(81)58(92-61(79)40-21-13-8-14-22-40)56-64(6,57(76)54(87-37(2)70)52(36)63(66,4)5)46(31-47-65(56,35-86-47)93-38(3)71)90-50(74)33-84-41-23-15-9-16-24-41/h7-26,28-29,43,45-47,53-56,58,81H,27,30-35H2,1-6H3,(H,67,78)(H,68,77)(H,72,73)/t43-,45+,46+,47-,53+,54-,55-,56+,58+,64-,65+,66-/m1/s1. The lowest BCUT2D eigenvalue weighted by Crippen LogP contribution is -2.82. The zero-order valence-corrected chi connectivity index (χ0v) is 51.2.